The summed E-state index contributed by atoms with van der Waals surface area (Å²) in [5, 5.41) is 6.44. The Balaban J connectivity index is 0.00000264. The van der Waals surface area contributed by atoms with Crippen LogP contribution in [0.4, 0.5) is 5.69 Å². The molecule has 5 nitrogen and oxygen atoms in total. The molecule has 126 valence electrons. The third-order valence-electron chi connectivity index (χ3n) is 2.93. The predicted octanol–water partition coefficient (Wildman–Crippen LogP) is 4.22. The first-order chi connectivity index (χ1) is 10.7. The number of guanidine groups is 1. The van der Waals surface area contributed by atoms with E-state index >= 15 is 0 Å². The summed E-state index contributed by atoms with van der Waals surface area (Å²) in [7, 11) is 4.93. The molecule has 2 aromatic rings. The third-order valence-corrected chi connectivity index (χ3v) is 4.16. The second-order valence-electron chi connectivity index (χ2n) is 4.33. The van der Waals surface area contributed by atoms with E-state index in [0.717, 1.165) is 14.9 Å². The van der Waals surface area contributed by atoms with Crippen molar-refractivity contribution in [1.82, 2.24) is 5.32 Å². The monoisotopic (exact) mass is 467 g/mol. The van der Waals surface area contributed by atoms with E-state index in [1.165, 1.54) is 0 Å². The van der Waals surface area contributed by atoms with Crippen LogP contribution in [0, 0.1) is 0 Å². The molecular formula is C15H19ClIN3O2S. The molecule has 0 aliphatic rings. The maximum atomic E-state index is 5.92. The standard InChI is InChI=1S/C15H18ClN3O2S.HI/c1-17-15(18-9-11-5-7-14(16)22-11)19-10-4-6-12(20-2)13(8-10)21-3;/h4-8H,9H2,1-3H3,(H2,17,18,19);1H. The zero-order chi connectivity index (χ0) is 15.9. The molecule has 0 saturated heterocycles. The summed E-state index contributed by atoms with van der Waals surface area (Å²) in [6, 6.07) is 9.47. The van der Waals surface area contributed by atoms with Crippen molar-refractivity contribution < 1.29 is 9.47 Å². The number of thiophene rings is 1. The molecule has 0 aliphatic heterocycles. The van der Waals surface area contributed by atoms with E-state index in [0.29, 0.717) is 24.0 Å². The summed E-state index contributed by atoms with van der Waals surface area (Å²) >= 11 is 7.46. The topological polar surface area (TPSA) is 54.9 Å². The lowest BCUT2D eigenvalue weighted by molar-refractivity contribution is 0.355. The number of hydrogen-bond donors (Lipinski definition) is 2. The largest absolute Gasteiger partial charge is 0.493 e. The number of methoxy groups -OCH3 is 2. The highest BCUT2D eigenvalue weighted by Crippen LogP contribution is 2.29. The highest BCUT2D eigenvalue weighted by atomic mass is 127. The predicted molar refractivity (Wildman–Crippen MR) is 108 cm³/mol. The molecule has 1 heterocycles. The van der Waals surface area contributed by atoms with Crippen LogP contribution in [0.25, 0.3) is 0 Å². The molecule has 0 fully saturated rings. The molecule has 0 spiro atoms. The molecule has 8 heteroatoms. The zero-order valence-corrected chi connectivity index (χ0v) is 17.0. The molecule has 0 atom stereocenters. The first-order valence-electron chi connectivity index (χ1n) is 6.60. The number of benzene rings is 1. The van der Waals surface area contributed by atoms with Crippen LogP contribution in [0.3, 0.4) is 0 Å². The molecule has 2 rings (SSSR count). The van der Waals surface area contributed by atoms with Gasteiger partial charge < -0.3 is 20.1 Å². The van der Waals surface area contributed by atoms with Gasteiger partial charge in [-0.3, -0.25) is 4.99 Å². The van der Waals surface area contributed by atoms with E-state index in [1.54, 1.807) is 32.6 Å². The minimum absolute atomic E-state index is 0. The third kappa shape index (κ3) is 5.74. The average Bonchev–Trinajstić information content (AvgIpc) is 2.96. The molecule has 0 amide bonds. The van der Waals surface area contributed by atoms with E-state index in [9.17, 15) is 0 Å². The summed E-state index contributed by atoms with van der Waals surface area (Å²) in [6.45, 7) is 0.657. The Kier molecular flexibility index (Phi) is 8.49. The Hall–Kier alpha value is -1.19. The second-order valence-corrected chi connectivity index (χ2v) is 6.13. The van der Waals surface area contributed by atoms with Gasteiger partial charge in [-0.05, 0) is 24.3 Å². The number of ether oxygens (including phenoxy) is 2. The summed E-state index contributed by atoms with van der Waals surface area (Å²) in [6.07, 6.45) is 0. The molecular weight excluding hydrogens is 449 g/mol. The van der Waals surface area contributed by atoms with Gasteiger partial charge in [0, 0.05) is 23.7 Å². The van der Waals surface area contributed by atoms with Crippen LogP contribution >= 0.6 is 46.9 Å². The number of aliphatic imine (C=N–C) groups is 1. The summed E-state index contributed by atoms with van der Waals surface area (Å²) in [5.74, 6) is 2.01. The smallest absolute Gasteiger partial charge is 0.195 e. The van der Waals surface area contributed by atoms with E-state index in [1.807, 2.05) is 30.3 Å². The van der Waals surface area contributed by atoms with Gasteiger partial charge in [0.15, 0.2) is 17.5 Å². The molecule has 0 unspecified atom stereocenters. The Morgan fingerprint density at radius 3 is 2.48 bits per heavy atom. The number of nitrogens with one attached hydrogen (secondary N) is 2. The molecule has 1 aromatic heterocycles. The lowest BCUT2D eigenvalue weighted by Gasteiger charge is -2.13. The Labute approximate surface area is 162 Å². The highest BCUT2D eigenvalue weighted by molar-refractivity contribution is 14.0. The van der Waals surface area contributed by atoms with Gasteiger partial charge in [0.2, 0.25) is 0 Å². The van der Waals surface area contributed by atoms with Crippen LogP contribution in [0.15, 0.2) is 35.3 Å². The van der Waals surface area contributed by atoms with E-state index in [4.69, 9.17) is 21.1 Å². The summed E-state index contributed by atoms with van der Waals surface area (Å²) in [4.78, 5) is 5.34. The number of nitrogens with zero attached hydrogens (tertiary/aromatic N) is 1. The maximum absolute atomic E-state index is 5.92. The van der Waals surface area contributed by atoms with E-state index in [2.05, 4.69) is 15.6 Å². The van der Waals surface area contributed by atoms with Gasteiger partial charge in [0.05, 0.1) is 25.1 Å². The second kappa shape index (κ2) is 9.84. The van der Waals surface area contributed by atoms with Crippen molar-refractivity contribution in [3.63, 3.8) is 0 Å². The van der Waals surface area contributed by atoms with Crippen molar-refractivity contribution in [2.24, 2.45) is 4.99 Å². The number of rotatable bonds is 5. The zero-order valence-electron chi connectivity index (χ0n) is 13.1. The van der Waals surface area contributed by atoms with Crippen molar-refractivity contribution in [2.75, 3.05) is 26.6 Å². The average molecular weight is 468 g/mol. The normalized spacial score (nSPS) is 10.7. The number of hydrogen-bond acceptors (Lipinski definition) is 4. The molecule has 0 saturated carbocycles. The molecule has 2 N–H and O–H groups in total. The summed E-state index contributed by atoms with van der Waals surface area (Å²) < 4.78 is 11.3. The molecule has 0 aliphatic carbocycles. The van der Waals surface area contributed by atoms with Gasteiger partial charge in [-0.1, -0.05) is 11.6 Å². The fourth-order valence-electron chi connectivity index (χ4n) is 1.85. The SMILES string of the molecule is CN=C(NCc1ccc(Cl)s1)Nc1ccc(OC)c(OC)c1.I. The molecule has 23 heavy (non-hydrogen) atoms. The molecule has 0 radical (unpaired) electrons. The minimum Gasteiger partial charge on any atom is -0.493 e. The Bertz CT molecular complexity index is 664. The van der Waals surface area contributed by atoms with Crippen molar-refractivity contribution in [1.29, 1.82) is 0 Å². The van der Waals surface area contributed by atoms with Crippen LogP contribution in [0.5, 0.6) is 11.5 Å². The van der Waals surface area contributed by atoms with Crippen LogP contribution < -0.4 is 20.1 Å². The van der Waals surface area contributed by atoms with Crippen molar-refractivity contribution in [3.05, 3.63) is 39.5 Å². The molecule has 1 aromatic carbocycles. The van der Waals surface area contributed by atoms with Gasteiger partial charge in [-0.25, -0.2) is 0 Å². The van der Waals surface area contributed by atoms with Gasteiger partial charge in [-0.2, -0.15) is 0 Å². The Morgan fingerprint density at radius 2 is 1.91 bits per heavy atom. The van der Waals surface area contributed by atoms with Gasteiger partial charge in [-0.15, -0.1) is 35.3 Å². The van der Waals surface area contributed by atoms with Crippen LogP contribution in [0.1, 0.15) is 4.88 Å². The van der Waals surface area contributed by atoms with E-state index < -0.39 is 0 Å². The molecule has 0 bridgehead atoms. The summed E-state index contributed by atoms with van der Waals surface area (Å²) in [5.41, 5.74) is 0.856. The van der Waals surface area contributed by atoms with Gasteiger partial charge >= 0.3 is 0 Å². The van der Waals surface area contributed by atoms with Crippen molar-refractivity contribution >= 4 is 58.6 Å². The number of anilines is 1. The lowest BCUT2D eigenvalue weighted by Crippen LogP contribution is -2.29. The van der Waals surface area contributed by atoms with Crippen molar-refractivity contribution in [2.45, 2.75) is 6.54 Å². The first kappa shape index (κ1) is 19.9. The van der Waals surface area contributed by atoms with Crippen molar-refractivity contribution in [3.8, 4) is 11.5 Å². The maximum Gasteiger partial charge on any atom is 0.195 e. The first-order valence-corrected chi connectivity index (χ1v) is 7.79. The Morgan fingerprint density at radius 1 is 1.17 bits per heavy atom. The van der Waals surface area contributed by atoms with Gasteiger partial charge in [0.25, 0.3) is 0 Å². The van der Waals surface area contributed by atoms with Gasteiger partial charge in [0.1, 0.15) is 0 Å². The number of halogens is 2. The fraction of sp³-hybridized carbons (Fsp3) is 0.267. The van der Waals surface area contributed by atoms with Crippen LogP contribution in [0.2, 0.25) is 4.34 Å². The van der Waals surface area contributed by atoms with Crippen LogP contribution in [-0.2, 0) is 6.54 Å². The van der Waals surface area contributed by atoms with E-state index in [-0.39, 0.29) is 24.0 Å². The minimum atomic E-state index is 0. The quantitative estimate of drug-likeness (QED) is 0.393. The lowest BCUT2D eigenvalue weighted by atomic mass is 10.3. The van der Waals surface area contributed by atoms with Crippen LogP contribution in [-0.4, -0.2) is 27.2 Å². The highest BCUT2D eigenvalue weighted by Gasteiger charge is 2.06. The fourth-order valence-corrected chi connectivity index (χ4v) is 2.87.